The first kappa shape index (κ1) is 11.0. The zero-order valence-corrected chi connectivity index (χ0v) is 8.85. The van der Waals surface area contributed by atoms with Gasteiger partial charge in [-0.05, 0) is 6.42 Å². The summed E-state index contributed by atoms with van der Waals surface area (Å²) in [6, 6.07) is 0. The van der Waals surface area contributed by atoms with E-state index >= 15 is 0 Å². The fourth-order valence-electron chi connectivity index (χ4n) is 1.51. The van der Waals surface area contributed by atoms with Gasteiger partial charge in [-0.1, -0.05) is 39.0 Å². The Balaban J connectivity index is 1.68. The fourth-order valence-corrected chi connectivity index (χ4v) is 1.51. The van der Waals surface area contributed by atoms with Crippen molar-refractivity contribution in [2.75, 3.05) is 19.7 Å². The number of unbranched alkanes of at least 4 members (excludes halogenated alkanes) is 5. The molecule has 0 amide bonds. The second kappa shape index (κ2) is 7.34. The Morgan fingerprint density at radius 3 is 2.38 bits per heavy atom. The normalized spacial score (nSPS) is 17.3. The molecule has 1 saturated heterocycles. The van der Waals surface area contributed by atoms with Crippen LogP contribution in [0.2, 0.25) is 0 Å². The summed E-state index contributed by atoms with van der Waals surface area (Å²) in [5.74, 6) is 0. The Kier molecular flexibility index (Phi) is 6.21. The topological polar surface area (TPSA) is 21.3 Å². The van der Waals surface area contributed by atoms with Gasteiger partial charge in [0.05, 0.1) is 6.10 Å². The van der Waals surface area contributed by atoms with Crippen LogP contribution in [0.25, 0.3) is 0 Å². The van der Waals surface area contributed by atoms with Crippen LogP contribution in [0.15, 0.2) is 0 Å². The molecule has 0 spiro atoms. The van der Waals surface area contributed by atoms with E-state index < -0.39 is 0 Å². The Morgan fingerprint density at radius 2 is 1.77 bits per heavy atom. The number of hydrogen-bond donors (Lipinski definition) is 1. The van der Waals surface area contributed by atoms with Gasteiger partial charge in [0, 0.05) is 19.7 Å². The van der Waals surface area contributed by atoms with E-state index in [1.54, 1.807) is 0 Å². The van der Waals surface area contributed by atoms with Gasteiger partial charge in [-0.2, -0.15) is 0 Å². The molecule has 2 nitrogen and oxygen atoms in total. The van der Waals surface area contributed by atoms with Gasteiger partial charge in [-0.15, -0.1) is 0 Å². The molecule has 0 aromatic carbocycles. The molecule has 1 aliphatic heterocycles. The maximum atomic E-state index is 5.62. The second-order valence-electron chi connectivity index (χ2n) is 3.92. The van der Waals surface area contributed by atoms with E-state index in [-0.39, 0.29) is 0 Å². The molecule has 1 N–H and O–H groups in total. The molecule has 1 aliphatic rings. The highest BCUT2D eigenvalue weighted by Gasteiger charge is 2.15. The predicted molar refractivity (Wildman–Crippen MR) is 56.0 cm³/mol. The molecule has 0 aromatic heterocycles. The molecule has 0 unspecified atom stereocenters. The van der Waals surface area contributed by atoms with Crippen LogP contribution < -0.4 is 5.32 Å². The number of hydrogen-bond acceptors (Lipinski definition) is 2. The standard InChI is InChI=1S/C11H23NO/c1-2-3-4-5-6-7-8-13-11-9-12-10-11/h11-12H,2-10H2,1H3. The van der Waals surface area contributed by atoms with Crippen molar-refractivity contribution < 1.29 is 4.74 Å². The minimum Gasteiger partial charge on any atom is -0.376 e. The molecule has 13 heavy (non-hydrogen) atoms. The first-order valence-electron chi connectivity index (χ1n) is 5.76. The summed E-state index contributed by atoms with van der Waals surface area (Å²) in [6.07, 6.45) is 8.65. The molecule has 0 aliphatic carbocycles. The van der Waals surface area contributed by atoms with Gasteiger partial charge < -0.3 is 10.1 Å². The van der Waals surface area contributed by atoms with Gasteiger partial charge in [-0.25, -0.2) is 0 Å². The molecule has 1 fully saturated rings. The molecule has 0 saturated carbocycles. The monoisotopic (exact) mass is 185 g/mol. The first-order chi connectivity index (χ1) is 6.43. The van der Waals surface area contributed by atoms with E-state index in [0.717, 1.165) is 19.7 Å². The molecule has 0 bridgehead atoms. The lowest BCUT2D eigenvalue weighted by Crippen LogP contribution is -2.48. The van der Waals surface area contributed by atoms with Crippen LogP contribution in [-0.2, 0) is 4.74 Å². The maximum absolute atomic E-state index is 5.62. The van der Waals surface area contributed by atoms with Crippen molar-refractivity contribution in [3.8, 4) is 0 Å². The molecule has 78 valence electrons. The molecular formula is C11H23NO. The van der Waals surface area contributed by atoms with Crippen molar-refractivity contribution in [1.82, 2.24) is 5.32 Å². The maximum Gasteiger partial charge on any atom is 0.0823 e. The van der Waals surface area contributed by atoms with Crippen LogP contribution in [0, 0.1) is 0 Å². The second-order valence-corrected chi connectivity index (χ2v) is 3.92. The molecular weight excluding hydrogens is 162 g/mol. The van der Waals surface area contributed by atoms with Gasteiger partial charge in [0.2, 0.25) is 0 Å². The minimum atomic E-state index is 0.524. The van der Waals surface area contributed by atoms with E-state index in [4.69, 9.17) is 4.74 Å². The zero-order chi connectivity index (χ0) is 9.36. The van der Waals surface area contributed by atoms with E-state index in [2.05, 4.69) is 12.2 Å². The molecule has 1 heterocycles. The summed E-state index contributed by atoms with van der Waals surface area (Å²) in [4.78, 5) is 0. The highest BCUT2D eigenvalue weighted by molar-refractivity contribution is 4.74. The predicted octanol–water partition coefficient (Wildman–Crippen LogP) is 2.34. The van der Waals surface area contributed by atoms with E-state index in [1.165, 1.54) is 38.5 Å². The number of nitrogens with one attached hydrogen (secondary N) is 1. The third kappa shape index (κ3) is 5.27. The van der Waals surface area contributed by atoms with Crippen LogP contribution in [0.3, 0.4) is 0 Å². The largest absolute Gasteiger partial charge is 0.376 e. The lowest BCUT2D eigenvalue weighted by Gasteiger charge is -2.27. The smallest absolute Gasteiger partial charge is 0.0823 e. The molecule has 1 rings (SSSR count). The van der Waals surface area contributed by atoms with Crippen LogP contribution in [0.4, 0.5) is 0 Å². The SMILES string of the molecule is CCCCCCCCOC1CNC1. The van der Waals surface area contributed by atoms with Crippen LogP contribution in [-0.4, -0.2) is 25.8 Å². The molecule has 2 heteroatoms. The average Bonchev–Trinajstić information content (AvgIpc) is 2.07. The summed E-state index contributed by atoms with van der Waals surface area (Å²) < 4.78 is 5.62. The Labute approximate surface area is 82.0 Å². The van der Waals surface area contributed by atoms with Crippen molar-refractivity contribution in [2.45, 2.75) is 51.6 Å². The summed E-state index contributed by atoms with van der Waals surface area (Å²) in [5, 5.41) is 3.21. The van der Waals surface area contributed by atoms with Crippen molar-refractivity contribution in [3.05, 3.63) is 0 Å². The van der Waals surface area contributed by atoms with Gasteiger partial charge in [0.25, 0.3) is 0 Å². The van der Waals surface area contributed by atoms with Crippen LogP contribution >= 0.6 is 0 Å². The Hall–Kier alpha value is -0.0800. The average molecular weight is 185 g/mol. The Morgan fingerprint density at radius 1 is 1.08 bits per heavy atom. The third-order valence-corrected chi connectivity index (χ3v) is 2.60. The molecule has 0 aromatic rings. The third-order valence-electron chi connectivity index (χ3n) is 2.60. The van der Waals surface area contributed by atoms with Crippen molar-refractivity contribution >= 4 is 0 Å². The summed E-state index contributed by atoms with van der Waals surface area (Å²) in [5.41, 5.74) is 0. The van der Waals surface area contributed by atoms with Gasteiger partial charge in [0.15, 0.2) is 0 Å². The van der Waals surface area contributed by atoms with Crippen molar-refractivity contribution in [1.29, 1.82) is 0 Å². The lowest BCUT2D eigenvalue weighted by molar-refractivity contribution is 0.0169. The van der Waals surface area contributed by atoms with E-state index in [0.29, 0.717) is 6.10 Å². The summed E-state index contributed by atoms with van der Waals surface area (Å²) in [6.45, 7) is 5.36. The number of rotatable bonds is 8. The minimum absolute atomic E-state index is 0.524. The summed E-state index contributed by atoms with van der Waals surface area (Å²) >= 11 is 0. The fraction of sp³-hybridized carbons (Fsp3) is 1.00. The van der Waals surface area contributed by atoms with Crippen LogP contribution in [0.1, 0.15) is 45.4 Å². The highest BCUT2D eigenvalue weighted by atomic mass is 16.5. The van der Waals surface area contributed by atoms with Gasteiger partial charge >= 0.3 is 0 Å². The Bertz CT molecular complexity index is 113. The first-order valence-corrected chi connectivity index (χ1v) is 5.76. The van der Waals surface area contributed by atoms with Crippen molar-refractivity contribution in [2.24, 2.45) is 0 Å². The van der Waals surface area contributed by atoms with E-state index in [9.17, 15) is 0 Å². The van der Waals surface area contributed by atoms with Gasteiger partial charge in [0.1, 0.15) is 0 Å². The molecule has 0 radical (unpaired) electrons. The summed E-state index contributed by atoms with van der Waals surface area (Å²) in [7, 11) is 0. The van der Waals surface area contributed by atoms with E-state index in [1.807, 2.05) is 0 Å². The number of ether oxygens (including phenoxy) is 1. The molecule has 0 atom stereocenters. The van der Waals surface area contributed by atoms with Crippen LogP contribution in [0.5, 0.6) is 0 Å². The van der Waals surface area contributed by atoms with Gasteiger partial charge in [-0.3, -0.25) is 0 Å². The lowest BCUT2D eigenvalue weighted by atomic mass is 10.1. The van der Waals surface area contributed by atoms with Crippen molar-refractivity contribution in [3.63, 3.8) is 0 Å². The highest BCUT2D eigenvalue weighted by Crippen LogP contribution is 2.06. The zero-order valence-electron chi connectivity index (χ0n) is 8.85. The quantitative estimate of drug-likeness (QED) is 0.586.